The zero-order chi connectivity index (χ0) is 11.4. The fourth-order valence-corrected chi connectivity index (χ4v) is 3.05. The molecule has 0 amide bonds. The monoisotopic (exact) mass is 236 g/mol. The highest BCUT2D eigenvalue weighted by atomic mass is 32.1. The molecule has 88 valence electrons. The molecule has 16 heavy (non-hydrogen) atoms. The molecule has 2 nitrogen and oxygen atoms in total. The minimum atomic E-state index is 1.12. The molecular weight excluding hydrogens is 216 g/mol. The standard InChI is InChI=1S/C13H20N2S/c1-3-9-15(10-4-2)13-11-7-5-6-8-12(11)16-14-13/h5,7H,3-4,6,8-10H2,1-2H3. The van der Waals surface area contributed by atoms with E-state index in [4.69, 9.17) is 0 Å². The average Bonchev–Trinajstić information content (AvgIpc) is 2.72. The van der Waals surface area contributed by atoms with Gasteiger partial charge < -0.3 is 4.90 Å². The number of aryl methyl sites for hydroxylation is 1. The van der Waals surface area contributed by atoms with Gasteiger partial charge in [0.1, 0.15) is 5.82 Å². The molecule has 1 aliphatic carbocycles. The van der Waals surface area contributed by atoms with Crippen LogP contribution >= 0.6 is 11.5 Å². The van der Waals surface area contributed by atoms with Crippen molar-refractivity contribution < 1.29 is 0 Å². The van der Waals surface area contributed by atoms with E-state index in [0.717, 1.165) is 13.1 Å². The van der Waals surface area contributed by atoms with Gasteiger partial charge in [0, 0.05) is 23.5 Å². The van der Waals surface area contributed by atoms with Gasteiger partial charge in [-0.3, -0.25) is 0 Å². The van der Waals surface area contributed by atoms with Crippen LogP contribution in [0.15, 0.2) is 6.08 Å². The number of nitrogens with zero attached hydrogens (tertiary/aromatic N) is 2. The molecule has 2 rings (SSSR count). The Morgan fingerprint density at radius 3 is 2.75 bits per heavy atom. The molecule has 1 aromatic heterocycles. The number of hydrogen-bond donors (Lipinski definition) is 0. The summed E-state index contributed by atoms with van der Waals surface area (Å²) < 4.78 is 4.65. The van der Waals surface area contributed by atoms with E-state index in [1.165, 1.54) is 41.9 Å². The molecule has 3 heteroatoms. The molecule has 0 aromatic carbocycles. The summed E-state index contributed by atoms with van der Waals surface area (Å²) in [4.78, 5) is 3.90. The molecule has 1 heterocycles. The second kappa shape index (κ2) is 5.48. The van der Waals surface area contributed by atoms with Crippen LogP contribution in [-0.2, 0) is 6.42 Å². The van der Waals surface area contributed by atoms with Gasteiger partial charge in [-0.2, -0.15) is 4.37 Å². The number of aromatic nitrogens is 1. The van der Waals surface area contributed by atoms with Crippen molar-refractivity contribution in [3.8, 4) is 0 Å². The molecule has 1 aromatic rings. The van der Waals surface area contributed by atoms with Gasteiger partial charge in [0.15, 0.2) is 0 Å². The smallest absolute Gasteiger partial charge is 0.149 e. The molecule has 0 unspecified atom stereocenters. The lowest BCUT2D eigenvalue weighted by Crippen LogP contribution is -2.25. The molecule has 0 saturated carbocycles. The fraction of sp³-hybridized carbons (Fsp3) is 0.615. The van der Waals surface area contributed by atoms with E-state index in [1.54, 1.807) is 11.5 Å². The third-order valence-corrected chi connectivity index (χ3v) is 3.80. The van der Waals surface area contributed by atoms with Crippen LogP contribution < -0.4 is 4.90 Å². The summed E-state index contributed by atoms with van der Waals surface area (Å²) in [6.07, 6.45) is 9.27. The van der Waals surface area contributed by atoms with Crippen molar-refractivity contribution in [2.24, 2.45) is 0 Å². The van der Waals surface area contributed by atoms with Crippen LogP contribution in [0.5, 0.6) is 0 Å². The zero-order valence-electron chi connectivity index (χ0n) is 10.2. The maximum atomic E-state index is 4.65. The summed E-state index contributed by atoms with van der Waals surface area (Å²) in [5.74, 6) is 1.22. The molecule has 0 spiro atoms. The number of allylic oxidation sites excluding steroid dienone is 1. The van der Waals surface area contributed by atoms with Crippen molar-refractivity contribution >= 4 is 23.4 Å². The average molecular weight is 236 g/mol. The Labute approximate surface area is 102 Å². The summed E-state index contributed by atoms with van der Waals surface area (Å²) in [5.41, 5.74) is 1.39. The van der Waals surface area contributed by atoms with Crippen LogP contribution in [0.1, 0.15) is 43.6 Å². The molecule has 0 atom stereocenters. The van der Waals surface area contributed by atoms with E-state index < -0.39 is 0 Å². The normalized spacial score (nSPS) is 13.9. The van der Waals surface area contributed by atoms with E-state index in [-0.39, 0.29) is 0 Å². The quantitative estimate of drug-likeness (QED) is 0.774. The van der Waals surface area contributed by atoms with Crippen LogP contribution in [0.25, 0.3) is 6.08 Å². The van der Waals surface area contributed by atoms with Crippen molar-refractivity contribution in [3.05, 3.63) is 16.5 Å². The molecule has 0 aliphatic heterocycles. The predicted octanol–water partition coefficient (Wildman–Crippen LogP) is 3.73. The molecule has 0 radical (unpaired) electrons. The maximum Gasteiger partial charge on any atom is 0.149 e. The summed E-state index contributed by atoms with van der Waals surface area (Å²) in [6, 6.07) is 0. The first-order chi connectivity index (χ1) is 7.86. The van der Waals surface area contributed by atoms with Gasteiger partial charge in [0.25, 0.3) is 0 Å². The molecular formula is C13H20N2S. The van der Waals surface area contributed by atoms with Gasteiger partial charge in [-0.05, 0) is 37.2 Å². The lowest BCUT2D eigenvalue weighted by molar-refractivity contribution is 0.737. The number of hydrogen-bond acceptors (Lipinski definition) is 3. The summed E-state index contributed by atoms with van der Waals surface area (Å²) in [6.45, 7) is 6.71. The Hall–Kier alpha value is -0.830. The van der Waals surface area contributed by atoms with Gasteiger partial charge in [-0.25, -0.2) is 0 Å². The second-order valence-corrected chi connectivity index (χ2v) is 5.13. The van der Waals surface area contributed by atoms with E-state index in [2.05, 4.69) is 35.3 Å². The number of fused-ring (bicyclic) bond motifs is 1. The Morgan fingerprint density at radius 2 is 2.06 bits per heavy atom. The molecule has 0 saturated heterocycles. The van der Waals surface area contributed by atoms with Gasteiger partial charge in [0.05, 0.1) is 0 Å². The summed E-state index contributed by atoms with van der Waals surface area (Å²) in [5, 5.41) is 0. The van der Waals surface area contributed by atoms with Crippen LogP contribution in [-0.4, -0.2) is 17.5 Å². The minimum Gasteiger partial charge on any atom is -0.355 e. The first kappa shape index (κ1) is 11.6. The van der Waals surface area contributed by atoms with Crippen molar-refractivity contribution in [1.29, 1.82) is 0 Å². The first-order valence-electron chi connectivity index (χ1n) is 6.26. The molecule has 0 bridgehead atoms. The number of rotatable bonds is 5. The van der Waals surface area contributed by atoms with Crippen LogP contribution in [0.4, 0.5) is 5.82 Å². The van der Waals surface area contributed by atoms with Gasteiger partial charge in [-0.15, -0.1) is 0 Å². The van der Waals surface area contributed by atoms with E-state index in [0.29, 0.717) is 0 Å². The largest absolute Gasteiger partial charge is 0.355 e. The Balaban J connectivity index is 2.24. The van der Waals surface area contributed by atoms with Gasteiger partial charge >= 0.3 is 0 Å². The number of anilines is 1. The van der Waals surface area contributed by atoms with E-state index >= 15 is 0 Å². The third-order valence-electron chi connectivity index (χ3n) is 2.89. The van der Waals surface area contributed by atoms with E-state index in [9.17, 15) is 0 Å². The zero-order valence-corrected chi connectivity index (χ0v) is 11.0. The van der Waals surface area contributed by atoms with Crippen LogP contribution in [0, 0.1) is 0 Å². The summed E-state index contributed by atoms with van der Waals surface area (Å²) in [7, 11) is 0. The SMILES string of the molecule is CCCN(CCC)c1nsc2c1C=CCC2. The molecule has 0 N–H and O–H groups in total. The summed E-state index contributed by atoms with van der Waals surface area (Å²) >= 11 is 1.69. The Bertz CT molecular complexity index is 362. The first-order valence-corrected chi connectivity index (χ1v) is 7.04. The highest BCUT2D eigenvalue weighted by molar-refractivity contribution is 7.06. The van der Waals surface area contributed by atoms with Crippen molar-refractivity contribution in [2.75, 3.05) is 18.0 Å². The highest BCUT2D eigenvalue weighted by Crippen LogP contribution is 2.32. The maximum absolute atomic E-state index is 4.65. The molecule has 1 aliphatic rings. The van der Waals surface area contributed by atoms with Crippen molar-refractivity contribution in [1.82, 2.24) is 4.37 Å². The van der Waals surface area contributed by atoms with Crippen LogP contribution in [0.3, 0.4) is 0 Å². The van der Waals surface area contributed by atoms with Gasteiger partial charge in [0.2, 0.25) is 0 Å². The Kier molecular flexibility index (Phi) is 3.99. The molecule has 0 fully saturated rings. The van der Waals surface area contributed by atoms with Crippen molar-refractivity contribution in [3.63, 3.8) is 0 Å². The fourth-order valence-electron chi connectivity index (χ4n) is 2.18. The second-order valence-electron chi connectivity index (χ2n) is 4.27. The lowest BCUT2D eigenvalue weighted by atomic mass is 10.1. The minimum absolute atomic E-state index is 1.12. The van der Waals surface area contributed by atoms with Gasteiger partial charge in [-0.1, -0.05) is 26.0 Å². The Morgan fingerprint density at radius 1 is 1.31 bits per heavy atom. The van der Waals surface area contributed by atoms with Crippen molar-refractivity contribution in [2.45, 2.75) is 39.5 Å². The third kappa shape index (κ3) is 2.29. The lowest BCUT2D eigenvalue weighted by Gasteiger charge is -2.22. The topological polar surface area (TPSA) is 16.1 Å². The predicted molar refractivity (Wildman–Crippen MR) is 72.3 cm³/mol. The van der Waals surface area contributed by atoms with Crippen LogP contribution in [0.2, 0.25) is 0 Å². The highest BCUT2D eigenvalue weighted by Gasteiger charge is 2.17. The van der Waals surface area contributed by atoms with E-state index in [1.807, 2.05) is 0 Å².